The SMILES string of the molecule is COc1ccccc1NC(=O)C1=NN([C@@H]2CCS(=O)(=O)C2)C(=O)CC1. The average Bonchev–Trinajstić information content (AvgIpc) is 2.95. The van der Waals surface area contributed by atoms with Gasteiger partial charge in [0, 0.05) is 12.8 Å². The van der Waals surface area contributed by atoms with Crippen molar-refractivity contribution in [2.24, 2.45) is 5.10 Å². The molecule has 1 atom stereocenters. The molecular formula is C16H19N3O5S. The van der Waals surface area contributed by atoms with Crippen LogP contribution in [0.1, 0.15) is 19.3 Å². The number of carbonyl (C=O) groups is 2. The smallest absolute Gasteiger partial charge is 0.271 e. The van der Waals surface area contributed by atoms with Gasteiger partial charge >= 0.3 is 0 Å². The Morgan fingerprint density at radius 3 is 2.76 bits per heavy atom. The van der Waals surface area contributed by atoms with Gasteiger partial charge in [-0.1, -0.05) is 12.1 Å². The van der Waals surface area contributed by atoms with E-state index in [0.29, 0.717) is 17.9 Å². The average molecular weight is 365 g/mol. The lowest BCUT2D eigenvalue weighted by Gasteiger charge is -2.27. The zero-order valence-electron chi connectivity index (χ0n) is 13.8. The van der Waals surface area contributed by atoms with E-state index in [0.717, 1.165) is 0 Å². The molecule has 2 aliphatic heterocycles. The van der Waals surface area contributed by atoms with Crippen molar-refractivity contribution in [2.75, 3.05) is 23.9 Å². The van der Waals surface area contributed by atoms with Crippen LogP contribution in [-0.4, -0.2) is 55.6 Å². The minimum atomic E-state index is -3.14. The van der Waals surface area contributed by atoms with Crippen LogP contribution in [0.5, 0.6) is 5.75 Å². The number of nitrogens with zero attached hydrogens (tertiary/aromatic N) is 2. The Labute approximate surface area is 145 Å². The molecular weight excluding hydrogens is 346 g/mol. The first-order chi connectivity index (χ1) is 11.9. The molecule has 0 saturated carbocycles. The molecule has 1 aromatic carbocycles. The van der Waals surface area contributed by atoms with Crippen molar-refractivity contribution in [3.05, 3.63) is 24.3 Å². The van der Waals surface area contributed by atoms with Gasteiger partial charge in [-0.15, -0.1) is 0 Å². The fourth-order valence-corrected chi connectivity index (χ4v) is 4.62. The Hall–Kier alpha value is -2.42. The molecule has 3 rings (SSSR count). The van der Waals surface area contributed by atoms with Crippen LogP contribution in [0.3, 0.4) is 0 Å². The van der Waals surface area contributed by atoms with Crippen molar-refractivity contribution in [1.29, 1.82) is 0 Å². The summed E-state index contributed by atoms with van der Waals surface area (Å²) in [4.78, 5) is 24.6. The van der Waals surface area contributed by atoms with E-state index >= 15 is 0 Å². The molecule has 1 N–H and O–H groups in total. The molecule has 2 amide bonds. The molecule has 9 heteroatoms. The number of benzene rings is 1. The molecule has 2 aliphatic rings. The van der Waals surface area contributed by atoms with Crippen molar-refractivity contribution >= 4 is 33.1 Å². The monoisotopic (exact) mass is 365 g/mol. The third-order valence-electron chi connectivity index (χ3n) is 4.23. The van der Waals surface area contributed by atoms with Gasteiger partial charge in [0.25, 0.3) is 5.91 Å². The molecule has 1 saturated heterocycles. The van der Waals surface area contributed by atoms with E-state index < -0.39 is 21.8 Å². The molecule has 1 aromatic rings. The Morgan fingerprint density at radius 1 is 1.32 bits per heavy atom. The van der Waals surface area contributed by atoms with Gasteiger partial charge in [0.05, 0.1) is 30.3 Å². The molecule has 25 heavy (non-hydrogen) atoms. The zero-order chi connectivity index (χ0) is 18.0. The third-order valence-corrected chi connectivity index (χ3v) is 5.98. The molecule has 0 radical (unpaired) electrons. The van der Waals surface area contributed by atoms with Crippen LogP contribution in [0.4, 0.5) is 5.69 Å². The fraction of sp³-hybridized carbons (Fsp3) is 0.438. The van der Waals surface area contributed by atoms with Gasteiger partial charge in [0.15, 0.2) is 9.84 Å². The lowest BCUT2D eigenvalue weighted by Crippen LogP contribution is -2.42. The number of hydrogen-bond donors (Lipinski definition) is 1. The first-order valence-corrected chi connectivity index (χ1v) is 9.76. The molecule has 0 unspecified atom stereocenters. The van der Waals surface area contributed by atoms with E-state index in [4.69, 9.17) is 4.74 Å². The number of amides is 2. The quantitative estimate of drug-likeness (QED) is 0.850. The van der Waals surface area contributed by atoms with E-state index in [2.05, 4.69) is 10.4 Å². The van der Waals surface area contributed by atoms with Crippen LogP contribution in [-0.2, 0) is 19.4 Å². The maximum atomic E-state index is 12.5. The molecule has 0 spiro atoms. The lowest BCUT2D eigenvalue weighted by molar-refractivity contribution is -0.133. The molecule has 8 nitrogen and oxygen atoms in total. The maximum Gasteiger partial charge on any atom is 0.271 e. The number of ether oxygens (including phenoxy) is 1. The zero-order valence-corrected chi connectivity index (χ0v) is 14.6. The Bertz CT molecular complexity index is 834. The molecule has 2 heterocycles. The van der Waals surface area contributed by atoms with Crippen molar-refractivity contribution in [2.45, 2.75) is 25.3 Å². The summed E-state index contributed by atoms with van der Waals surface area (Å²) in [6.07, 6.45) is 0.698. The second-order valence-corrected chi connectivity index (χ2v) is 8.22. The predicted molar refractivity (Wildman–Crippen MR) is 92.2 cm³/mol. The van der Waals surface area contributed by atoms with Crippen molar-refractivity contribution < 1.29 is 22.7 Å². The van der Waals surface area contributed by atoms with Crippen molar-refractivity contribution in [1.82, 2.24) is 5.01 Å². The molecule has 1 fully saturated rings. The Kier molecular flexibility index (Phi) is 4.76. The van der Waals surface area contributed by atoms with Gasteiger partial charge in [0.1, 0.15) is 11.5 Å². The number of sulfone groups is 1. The normalized spacial score (nSPS) is 22.4. The topological polar surface area (TPSA) is 105 Å². The van der Waals surface area contributed by atoms with Gasteiger partial charge in [-0.2, -0.15) is 5.10 Å². The van der Waals surface area contributed by atoms with Gasteiger partial charge in [-0.3, -0.25) is 9.59 Å². The van der Waals surface area contributed by atoms with Crippen LogP contribution in [0.15, 0.2) is 29.4 Å². The van der Waals surface area contributed by atoms with E-state index in [1.165, 1.54) is 12.1 Å². The summed E-state index contributed by atoms with van der Waals surface area (Å²) in [6.45, 7) is 0. The maximum absolute atomic E-state index is 12.5. The highest BCUT2D eigenvalue weighted by molar-refractivity contribution is 7.91. The number of para-hydroxylation sites is 2. The van der Waals surface area contributed by atoms with Gasteiger partial charge in [-0.25, -0.2) is 13.4 Å². The summed E-state index contributed by atoms with van der Waals surface area (Å²) in [5.41, 5.74) is 0.708. The van der Waals surface area contributed by atoms with Crippen LogP contribution >= 0.6 is 0 Å². The first kappa shape index (κ1) is 17.4. The van der Waals surface area contributed by atoms with Gasteiger partial charge < -0.3 is 10.1 Å². The van der Waals surface area contributed by atoms with Crippen LogP contribution < -0.4 is 10.1 Å². The highest BCUT2D eigenvalue weighted by Gasteiger charge is 2.37. The molecule has 0 bridgehead atoms. The minimum absolute atomic E-state index is 0.0414. The number of methoxy groups -OCH3 is 1. The summed E-state index contributed by atoms with van der Waals surface area (Å²) >= 11 is 0. The second-order valence-electron chi connectivity index (χ2n) is 6.00. The lowest BCUT2D eigenvalue weighted by atomic mass is 10.1. The highest BCUT2D eigenvalue weighted by Crippen LogP contribution is 2.25. The largest absolute Gasteiger partial charge is 0.495 e. The van der Waals surface area contributed by atoms with Crippen LogP contribution in [0, 0.1) is 0 Å². The summed E-state index contributed by atoms with van der Waals surface area (Å²) in [5.74, 6) is -0.232. The van der Waals surface area contributed by atoms with Crippen molar-refractivity contribution in [3.63, 3.8) is 0 Å². The summed E-state index contributed by atoms with van der Waals surface area (Å²) < 4.78 is 28.5. The van der Waals surface area contributed by atoms with Gasteiger partial charge in [-0.05, 0) is 18.6 Å². The van der Waals surface area contributed by atoms with Crippen molar-refractivity contribution in [3.8, 4) is 5.75 Å². The number of hydrogen-bond acceptors (Lipinski definition) is 6. The van der Waals surface area contributed by atoms with Gasteiger partial charge in [0.2, 0.25) is 5.91 Å². The van der Waals surface area contributed by atoms with E-state index in [-0.39, 0.29) is 36.0 Å². The number of carbonyl (C=O) groups excluding carboxylic acids is 2. The molecule has 0 aliphatic carbocycles. The van der Waals surface area contributed by atoms with E-state index in [1.807, 2.05) is 0 Å². The Balaban J connectivity index is 1.78. The third kappa shape index (κ3) is 3.81. The second kappa shape index (κ2) is 6.83. The summed E-state index contributed by atoms with van der Waals surface area (Å²) in [5, 5.41) is 8.04. The van der Waals surface area contributed by atoms with Crippen LogP contribution in [0.2, 0.25) is 0 Å². The molecule has 134 valence electrons. The minimum Gasteiger partial charge on any atom is -0.495 e. The number of nitrogens with one attached hydrogen (secondary N) is 1. The standard InChI is InChI=1S/C16H19N3O5S/c1-24-14-5-3-2-4-12(14)17-16(21)13-6-7-15(20)19(18-13)11-8-9-25(22,23)10-11/h2-5,11H,6-10H2,1H3,(H,17,21)/t11-/m1/s1. The number of rotatable bonds is 4. The summed E-state index contributed by atoms with van der Waals surface area (Å²) in [6, 6.07) is 6.48. The number of anilines is 1. The summed E-state index contributed by atoms with van der Waals surface area (Å²) in [7, 11) is -1.64. The fourth-order valence-electron chi connectivity index (χ4n) is 2.93. The van der Waals surface area contributed by atoms with Crippen LogP contribution in [0.25, 0.3) is 0 Å². The highest BCUT2D eigenvalue weighted by atomic mass is 32.2. The predicted octanol–water partition coefficient (Wildman–Crippen LogP) is 0.799. The molecule has 0 aromatic heterocycles. The first-order valence-electron chi connectivity index (χ1n) is 7.94. The Morgan fingerprint density at radius 2 is 2.08 bits per heavy atom. The number of hydrazone groups is 1. The van der Waals surface area contributed by atoms with E-state index in [1.54, 1.807) is 24.3 Å². The van der Waals surface area contributed by atoms with E-state index in [9.17, 15) is 18.0 Å².